The van der Waals surface area contributed by atoms with E-state index >= 15 is 0 Å². The van der Waals surface area contributed by atoms with Crippen LogP contribution < -0.4 is 0 Å². The van der Waals surface area contributed by atoms with Crippen LogP contribution in [-0.4, -0.2) is 56.1 Å². The van der Waals surface area contributed by atoms with Gasteiger partial charge in [-0.15, -0.1) is 0 Å². The van der Waals surface area contributed by atoms with Crippen molar-refractivity contribution in [2.45, 2.75) is 30.5 Å². The minimum atomic E-state index is -4.69. The molecule has 4 heterocycles. The van der Waals surface area contributed by atoms with E-state index in [9.17, 15) is 30.8 Å². The molecule has 0 bridgehead atoms. The van der Waals surface area contributed by atoms with Gasteiger partial charge in [0.15, 0.2) is 10.8 Å². The Morgan fingerprint density at radius 3 is 2.51 bits per heavy atom. The molecule has 2 aliphatic rings. The summed E-state index contributed by atoms with van der Waals surface area (Å²) in [5.74, 6) is -1.48. The van der Waals surface area contributed by atoms with Gasteiger partial charge in [-0.1, -0.05) is 0 Å². The lowest BCUT2D eigenvalue weighted by molar-refractivity contribution is -0.137. The van der Waals surface area contributed by atoms with Gasteiger partial charge in [0.05, 0.1) is 29.1 Å². The van der Waals surface area contributed by atoms with Crippen LogP contribution in [0, 0.1) is 17.2 Å². The number of Topliss-reactive ketones (excluding diaryl/α,β-unsaturated/α-hetero) is 1. The second-order valence-electron chi connectivity index (χ2n) is 10.4. The standard InChI is InChI=1S/C27H24F4N6O3S/c1-35-24(7-10-33-35)41(39,40)36-11-8-18-13-23-17(15-34-37(23)21-4-2-20(28)3-5-21)14-26(18,16-36)25(38)22-12-19(6-9-32-22)27(29,30)31/h2-7,9-10,12,15,18H,8,11,13-14,16H2,1H3. The molecule has 6 rings (SSSR count). The lowest BCUT2D eigenvalue weighted by Crippen LogP contribution is -2.58. The van der Waals surface area contributed by atoms with Crippen molar-refractivity contribution < 1.29 is 30.8 Å². The van der Waals surface area contributed by atoms with Crippen LogP contribution in [0.5, 0.6) is 0 Å². The number of carbonyl (C=O) groups is 1. The molecule has 1 aliphatic carbocycles. The number of fused-ring (bicyclic) bond motifs is 2. The van der Waals surface area contributed by atoms with Gasteiger partial charge >= 0.3 is 6.18 Å². The quantitative estimate of drug-likeness (QED) is 0.259. The number of aromatic nitrogens is 5. The third kappa shape index (κ3) is 4.54. The van der Waals surface area contributed by atoms with E-state index < -0.39 is 44.7 Å². The number of pyridine rings is 1. The second kappa shape index (κ2) is 9.58. The van der Waals surface area contributed by atoms with Gasteiger partial charge in [-0.2, -0.15) is 27.7 Å². The third-order valence-corrected chi connectivity index (χ3v) is 10.0. The van der Waals surface area contributed by atoms with E-state index in [1.165, 1.54) is 40.4 Å². The Labute approximate surface area is 232 Å². The minimum Gasteiger partial charge on any atom is -0.292 e. The molecule has 3 aromatic heterocycles. The van der Waals surface area contributed by atoms with E-state index in [4.69, 9.17) is 0 Å². The fourth-order valence-electron chi connectivity index (χ4n) is 6.02. The number of alkyl halides is 3. The molecule has 0 spiro atoms. The van der Waals surface area contributed by atoms with Gasteiger partial charge < -0.3 is 0 Å². The van der Waals surface area contributed by atoms with Gasteiger partial charge in [-0.05, 0) is 73.2 Å². The zero-order valence-electron chi connectivity index (χ0n) is 21.7. The zero-order valence-corrected chi connectivity index (χ0v) is 22.5. The highest BCUT2D eigenvalue weighted by atomic mass is 32.2. The number of ketones is 1. The highest BCUT2D eigenvalue weighted by molar-refractivity contribution is 7.89. The Morgan fingerprint density at radius 1 is 1.07 bits per heavy atom. The first-order valence-electron chi connectivity index (χ1n) is 12.8. The van der Waals surface area contributed by atoms with E-state index in [-0.39, 0.29) is 36.7 Å². The van der Waals surface area contributed by atoms with Crippen LogP contribution in [0.15, 0.2) is 66.1 Å². The van der Waals surface area contributed by atoms with Crippen LogP contribution in [0.25, 0.3) is 5.69 Å². The summed E-state index contributed by atoms with van der Waals surface area (Å²) in [6.45, 7) is -0.146. The summed E-state index contributed by atoms with van der Waals surface area (Å²) < 4.78 is 85.5. The molecule has 1 saturated heterocycles. The van der Waals surface area contributed by atoms with E-state index in [0.717, 1.165) is 24.0 Å². The molecule has 0 radical (unpaired) electrons. The van der Waals surface area contributed by atoms with Crippen LogP contribution in [0.4, 0.5) is 17.6 Å². The summed E-state index contributed by atoms with van der Waals surface area (Å²) in [6, 6.07) is 8.63. The smallest absolute Gasteiger partial charge is 0.292 e. The van der Waals surface area contributed by atoms with E-state index in [0.29, 0.717) is 17.7 Å². The molecule has 2 atom stereocenters. The largest absolute Gasteiger partial charge is 0.416 e. The molecule has 1 aromatic carbocycles. The van der Waals surface area contributed by atoms with Crippen molar-refractivity contribution in [3.05, 3.63) is 89.4 Å². The van der Waals surface area contributed by atoms with Gasteiger partial charge in [-0.25, -0.2) is 17.5 Å². The summed E-state index contributed by atoms with van der Waals surface area (Å²) in [4.78, 5) is 18.2. The molecular weight excluding hydrogens is 564 g/mol. The maximum Gasteiger partial charge on any atom is 0.416 e. The zero-order chi connectivity index (χ0) is 29.2. The van der Waals surface area contributed by atoms with Crippen LogP contribution in [0.3, 0.4) is 0 Å². The molecule has 1 aliphatic heterocycles. The van der Waals surface area contributed by atoms with Crippen molar-refractivity contribution in [2.75, 3.05) is 13.1 Å². The van der Waals surface area contributed by atoms with Crippen LogP contribution in [0.2, 0.25) is 0 Å². The van der Waals surface area contributed by atoms with Crippen LogP contribution >= 0.6 is 0 Å². The van der Waals surface area contributed by atoms with Crippen molar-refractivity contribution in [1.29, 1.82) is 0 Å². The number of rotatable bonds is 5. The van der Waals surface area contributed by atoms with E-state index in [1.54, 1.807) is 23.0 Å². The van der Waals surface area contributed by atoms with Crippen molar-refractivity contribution in [3.63, 3.8) is 0 Å². The number of hydrogen-bond acceptors (Lipinski definition) is 6. The summed E-state index contributed by atoms with van der Waals surface area (Å²) >= 11 is 0. The highest BCUT2D eigenvalue weighted by Crippen LogP contribution is 2.48. The molecule has 4 aromatic rings. The maximum absolute atomic E-state index is 14.2. The molecule has 0 saturated carbocycles. The molecule has 0 amide bonds. The van der Waals surface area contributed by atoms with E-state index in [2.05, 4.69) is 15.2 Å². The first kappa shape index (κ1) is 27.3. The Balaban J connectivity index is 1.45. The average Bonchev–Trinajstić information content (AvgIpc) is 3.57. The van der Waals surface area contributed by atoms with Gasteiger partial charge in [-0.3, -0.25) is 14.5 Å². The number of halogens is 4. The Kier molecular flexibility index (Phi) is 6.37. The topological polar surface area (TPSA) is 103 Å². The lowest BCUT2D eigenvalue weighted by Gasteiger charge is -2.49. The fraction of sp³-hybridized carbons (Fsp3) is 0.333. The monoisotopic (exact) mass is 588 g/mol. The van der Waals surface area contributed by atoms with Crippen LogP contribution in [-0.2, 0) is 36.1 Å². The number of hydrogen-bond donors (Lipinski definition) is 0. The van der Waals surface area contributed by atoms with Gasteiger partial charge in [0, 0.05) is 32.0 Å². The third-order valence-electron chi connectivity index (χ3n) is 8.09. The number of nitrogens with zero attached hydrogens (tertiary/aromatic N) is 6. The SMILES string of the molecule is Cn1nccc1S(=O)(=O)N1CCC2Cc3c(cnn3-c3ccc(F)cc3)CC2(C(=O)c2cc(C(F)(F)F)ccn2)C1. The number of carbonyl (C=O) groups excluding carboxylic acids is 1. The molecule has 1 fully saturated rings. The second-order valence-corrected chi connectivity index (χ2v) is 12.3. The van der Waals surface area contributed by atoms with Gasteiger partial charge in [0.1, 0.15) is 11.5 Å². The molecule has 214 valence electrons. The summed E-state index contributed by atoms with van der Waals surface area (Å²) in [5, 5.41) is 8.35. The number of piperidine rings is 1. The van der Waals surface area contributed by atoms with Crippen molar-refractivity contribution >= 4 is 15.8 Å². The van der Waals surface area contributed by atoms with Crippen molar-refractivity contribution in [3.8, 4) is 5.69 Å². The maximum atomic E-state index is 14.2. The number of benzene rings is 1. The lowest BCUT2D eigenvalue weighted by atomic mass is 9.60. The molecule has 41 heavy (non-hydrogen) atoms. The first-order valence-corrected chi connectivity index (χ1v) is 14.2. The molecule has 0 N–H and O–H groups in total. The summed E-state index contributed by atoms with van der Waals surface area (Å²) in [5.41, 5.74) is -0.735. The van der Waals surface area contributed by atoms with Gasteiger partial charge in [0.2, 0.25) is 0 Å². The molecular formula is C27H24F4N6O3S. The highest BCUT2D eigenvalue weighted by Gasteiger charge is 2.55. The Hall–Kier alpha value is -3.91. The normalized spacial score (nSPS) is 21.3. The Morgan fingerprint density at radius 2 is 1.83 bits per heavy atom. The van der Waals surface area contributed by atoms with Crippen LogP contribution in [0.1, 0.15) is 33.7 Å². The summed E-state index contributed by atoms with van der Waals surface area (Å²) in [6.07, 6.45) is -0.195. The predicted molar refractivity (Wildman–Crippen MR) is 137 cm³/mol. The minimum absolute atomic E-state index is 0.0440. The van der Waals surface area contributed by atoms with Crippen molar-refractivity contribution in [1.82, 2.24) is 28.9 Å². The molecule has 9 nitrogen and oxygen atoms in total. The predicted octanol–water partition coefficient (Wildman–Crippen LogP) is 3.84. The number of aryl methyl sites for hydroxylation is 1. The molecule has 2 unspecified atom stereocenters. The number of sulfonamides is 1. The average molecular weight is 589 g/mol. The van der Waals surface area contributed by atoms with E-state index in [1.807, 2.05) is 0 Å². The fourth-order valence-corrected chi connectivity index (χ4v) is 7.65. The first-order chi connectivity index (χ1) is 19.4. The molecule has 14 heteroatoms. The Bertz CT molecular complexity index is 1750. The summed E-state index contributed by atoms with van der Waals surface area (Å²) in [7, 11) is -2.59. The van der Waals surface area contributed by atoms with Crippen molar-refractivity contribution in [2.24, 2.45) is 18.4 Å². The van der Waals surface area contributed by atoms with Gasteiger partial charge in [0.25, 0.3) is 10.0 Å².